The van der Waals surface area contributed by atoms with Gasteiger partial charge in [-0.3, -0.25) is 4.79 Å². The average molecular weight is 366 g/mol. The smallest absolute Gasteiger partial charge is 0.348 e. The lowest BCUT2D eigenvalue weighted by atomic mass is 9.95. The number of fused-ring (bicyclic) bond motifs is 1. The first-order valence-electron chi connectivity index (χ1n) is 8.70. The number of rotatable bonds is 5. The van der Waals surface area contributed by atoms with E-state index in [0.29, 0.717) is 18.1 Å². The van der Waals surface area contributed by atoms with Crippen molar-refractivity contribution in [2.75, 3.05) is 0 Å². The Bertz CT molecular complexity index is 758. The van der Waals surface area contributed by atoms with Gasteiger partial charge in [-0.15, -0.1) is 10.2 Å². The zero-order valence-electron chi connectivity index (χ0n) is 14.5. The quantitative estimate of drug-likeness (QED) is 0.884. The molecular weight excluding hydrogens is 345 g/mol. The number of benzene rings is 1. The number of hydrogen-bond donors (Lipinski definition) is 1. The molecule has 3 rings (SSSR count). The van der Waals surface area contributed by atoms with Crippen LogP contribution in [0, 0.1) is 5.92 Å². The number of carbonyl (C=O) groups excluding carboxylic acids is 1. The summed E-state index contributed by atoms with van der Waals surface area (Å²) >= 11 is 0. The Morgan fingerprint density at radius 1 is 1.31 bits per heavy atom. The molecule has 1 aliphatic heterocycles. The van der Waals surface area contributed by atoms with Gasteiger partial charge in [-0.2, -0.15) is 13.2 Å². The molecule has 2 heterocycles. The van der Waals surface area contributed by atoms with Gasteiger partial charge in [-0.1, -0.05) is 37.3 Å². The molecule has 0 aliphatic carbocycles. The zero-order valence-corrected chi connectivity index (χ0v) is 14.5. The van der Waals surface area contributed by atoms with Crippen LogP contribution in [-0.4, -0.2) is 26.8 Å². The standard InChI is InChI=1S/C18H21F3N4O/c1-2-14(12-6-4-3-5-7-12)17(26)22-11-16-24-23-15-10-13(18(19,20)21)8-9-25(15)16/h3-7,13-14H,2,8-11H2,1H3,(H,22,26)/t13-,14-/m1/s1. The lowest BCUT2D eigenvalue weighted by Gasteiger charge is -2.25. The van der Waals surface area contributed by atoms with Crippen molar-refractivity contribution in [3.63, 3.8) is 0 Å². The zero-order chi connectivity index (χ0) is 18.7. The monoisotopic (exact) mass is 366 g/mol. The first-order valence-corrected chi connectivity index (χ1v) is 8.70. The van der Waals surface area contributed by atoms with Crippen molar-refractivity contribution in [1.29, 1.82) is 0 Å². The van der Waals surface area contributed by atoms with Gasteiger partial charge >= 0.3 is 6.18 Å². The van der Waals surface area contributed by atoms with Gasteiger partial charge in [-0.25, -0.2) is 0 Å². The van der Waals surface area contributed by atoms with E-state index in [-0.39, 0.29) is 37.8 Å². The van der Waals surface area contributed by atoms with E-state index < -0.39 is 12.1 Å². The predicted octanol–water partition coefficient (Wildman–Crippen LogP) is 3.21. The van der Waals surface area contributed by atoms with Crippen LogP contribution in [0.3, 0.4) is 0 Å². The minimum absolute atomic E-state index is 0.0110. The molecule has 0 fully saturated rings. The third kappa shape index (κ3) is 3.89. The number of carbonyl (C=O) groups is 1. The molecule has 1 aromatic heterocycles. The molecule has 5 nitrogen and oxygen atoms in total. The summed E-state index contributed by atoms with van der Waals surface area (Å²) in [5, 5.41) is 10.7. The van der Waals surface area contributed by atoms with E-state index in [4.69, 9.17) is 0 Å². The Balaban J connectivity index is 1.64. The molecule has 0 bridgehead atoms. The fourth-order valence-corrected chi connectivity index (χ4v) is 3.35. The van der Waals surface area contributed by atoms with Crippen molar-refractivity contribution >= 4 is 5.91 Å². The number of aromatic nitrogens is 3. The maximum atomic E-state index is 12.9. The van der Waals surface area contributed by atoms with E-state index in [1.54, 1.807) is 4.57 Å². The van der Waals surface area contributed by atoms with Crippen LogP contribution >= 0.6 is 0 Å². The van der Waals surface area contributed by atoms with Crippen molar-refractivity contribution in [1.82, 2.24) is 20.1 Å². The summed E-state index contributed by atoms with van der Waals surface area (Å²) in [4.78, 5) is 12.5. The predicted molar refractivity (Wildman–Crippen MR) is 89.2 cm³/mol. The Labute approximate surface area is 149 Å². The second-order valence-electron chi connectivity index (χ2n) is 6.50. The number of halogens is 3. The average Bonchev–Trinajstić information content (AvgIpc) is 3.03. The van der Waals surface area contributed by atoms with Crippen LogP contribution in [0.4, 0.5) is 13.2 Å². The van der Waals surface area contributed by atoms with Crippen molar-refractivity contribution in [2.45, 2.75) is 51.4 Å². The van der Waals surface area contributed by atoms with Crippen molar-refractivity contribution in [3.05, 3.63) is 47.5 Å². The van der Waals surface area contributed by atoms with Gasteiger partial charge in [0.05, 0.1) is 18.4 Å². The van der Waals surface area contributed by atoms with Gasteiger partial charge in [0, 0.05) is 13.0 Å². The van der Waals surface area contributed by atoms with Crippen LogP contribution in [0.25, 0.3) is 0 Å². The summed E-state index contributed by atoms with van der Waals surface area (Å²) in [6, 6.07) is 9.48. The van der Waals surface area contributed by atoms with Gasteiger partial charge < -0.3 is 9.88 Å². The molecule has 1 N–H and O–H groups in total. The van der Waals surface area contributed by atoms with Gasteiger partial charge in [0.2, 0.25) is 5.91 Å². The van der Waals surface area contributed by atoms with E-state index in [0.717, 1.165) is 5.56 Å². The van der Waals surface area contributed by atoms with Gasteiger partial charge in [-0.05, 0) is 18.4 Å². The maximum absolute atomic E-state index is 12.9. The van der Waals surface area contributed by atoms with Crippen LogP contribution in [0.5, 0.6) is 0 Å². The molecule has 0 saturated heterocycles. The molecule has 2 atom stereocenters. The summed E-state index contributed by atoms with van der Waals surface area (Å²) in [6.07, 6.45) is -3.71. The molecule has 2 aromatic rings. The molecule has 1 aromatic carbocycles. The van der Waals surface area contributed by atoms with E-state index in [9.17, 15) is 18.0 Å². The molecule has 26 heavy (non-hydrogen) atoms. The van der Waals surface area contributed by atoms with E-state index in [2.05, 4.69) is 15.5 Å². The highest BCUT2D eigenvalue weighted by molar-refractivity contribution is 5.83. The largest absolute Gasteiger partial charge is 0.392 e. The normalized spacial score (nSPS) is 18.2. The van der Waals surface area contributed by atoms with E-state index in [1.165, 1.54) is 0 Å². The van der Waals surface area contributed by atoms with Crippen LogP contribution < -0.4 is 5.32 Å². The molecule has 8 heteroatoms. The summed E-state index contributed by atoms with van der Waals surface area (Å²) < 4.78 is 40.3. The second kappa shape index (κ2) is 7.47. The third-order valence-electron chi connectivity index (χ3n) is 4.84. The number of amides is 1. The number of nitrogens with one attached hydrogen (secondary N) is 1. The van der Waals surface area contributed by atoms with Crippen LogP contribution in [0.1, 0.15) is 42.9 Å². The lowest BCUT2D eigenvalue weighted by molar-refractivity contribution is -0.179. The summed E-state index contributed by atoms with van der Waals surface area (Å²) in [7, 11) is 0. The summed E-state index contributed by atoms with van der Waals surface area (Å²) in [5.41, 5.74) is 0.934. The van der Waals surface area contributed by atoms with Crippen molar-refractivity contribution in [3.8, 4) is 0 Å². The second-order valence-corrected chi connectivity index (χ2v) is 6.50. The molecule has 0 saturated carbocycles. The Kier molecular flexibility index (Phi) is 5.29. The molecule has 0 unspecified atom stereocenters. The van der Waals surface area contributed by atoms with Gasteiger partial charge in [0.1, 0.15) is 5.82 Å². The third-order valence-corrected chi connectivity index (χ3v) is 4.84. The Morgan fingerprint density at radius 3 is 2.69 bits per heavy atom. The highest BCUT2D eigenvalue weighted by atomic mass is 19.4. The van der Waals surface area contributed by atoms with Gasteiger partial charge in [0.25, 0.3) is 0 Å². The molecule has 0 spiro atoms. The summed E-state index contributed by atoms with van der Waals surface area (Å²) in [6.45, 7) is 2.31. The van der Waals surface area contributed by atoms with E-state index >= 15 is 0 Å². The Hall–Kier alpha value is -2.38. The van der Waals surface area contributed by atoms with Gasteiger partial charge in [0.15, 0.2) is 5.82 Å². The Morgan fingerprint density at radius 2 is 2.04 bits per heavy atom. The lowest BCUT2D eigenvalue weighted by Crippen LogP contribution is -2.33. The number of hydrogen-bond acceptors (Lipinski definition) is 3. The van der Waals surface area contributed by atoms with Crippen LogP contribution in [0.15, 0.2) is 30.3 Å². The molecule has 1 amide bonds. The highest BCUT2D eigenvalue weighted by Crippen LogP contribution is 2.34. The molecule has 140 valence electrons. The molecule has 0 radical (unpaired) electrons. The van der Waals surface area contributed by atoms with E-state index in [1.807, 2.05) is 37.3 Å². The maximum Gasteiger partial charge on any atom is 0.392 e. The SMILES string of the molecule is CC[C@@H](C(=O)NCc1nnc2n1CC[C@@H](C(F)(F)F)C2)c1ccccc1. The number of alkyl halides is 3. The minimum Gasteiger partial charge on any atom is -0.348 e. The summed E-state index contributed by atoms with van der Waals surface area (Å²) in [5.74, 6) is -0.936. The molecular formula is C18H21F3N4O. The fraction of sp³-hybridized carbons (Fsp3) is 0.500. The topological polar surface area (TPSA) is 59.8 Å². The fourth-order valence-electron chi connectivity index (χ4n) is 3.35. The van der Waals surface area contributed by atoms with Crippen LogP contribution in [0.2, 0.25) is 0 Å². The number of nitrogens with zero attached hydrogens (tertiary/aromatic N) is 3. The first kappa shape index (κ1) is 18.4. The van der Waals surface area contributed by atoms with Crippen LogP contribution in [-0.2, 0) is 24.3 Å². The minimum atomic E-state index is -4.21. The van der Waals surface area contributed by atoms with Crippen molar-refractivity contribution < 1.29 is 18.0 Å². The molecule has 1 aliphatic rings. The highest BCUT2D eigenvalue weighted by Gasteiger charge is 2.42. The van der Waals surface area contributed by atoms with Crippen molar-refractivity contribution in [2.24, 2.45) is 5.92 Å². The first-order chi connectivity index (χ1) is 12.4.